The molecule has 1 rings (SSSR count). The standard InChI is InChI=1S/C8H6F2INO/c1-4-2-5(7(9)10)8(11)12-6(4)3-13/h2-3,7H,1H3. The van der Waals surface area contributed by atoms with E-state index in [-0.39, 0.29) is 15.0 Å². The molecule has 1 aromatic heterocycles. The van der Waals surface area contributed by atoms with Crippen molar-refractivity contribution in [1.29, 1.82) is 0 Å². The molecule has 0 bridgehead atoms. The highest BCUT2D eigenvalue weighted by atomic mass is 127. The van der Waals surface area contributed by atoms with E-state index in [1.54, 1.807) is 29.5 Å². The number of carbonyl (C=O) groups is 1. The third-order valence-corrected chi connectivity index (χ3v) is 2.44. The number of alkyl halides is 2. The van der Waals surface area contributed by atoms with Gasteiger partial charge in [0.2, 0.25) is 0 Å². The Morgan fingerprint density at radius 3 is 2.69 bits per heavy atom. The number of nitrogens with zero attached hydrogens (tertiary/aromatic N) is 1. The van der Waals surface area contributed by atoms with Crippen LogP contribution in [0.15, 0.2) is 6.07 Å². The molecule has 0 saturated heterocycles. The van der Waals surface area contributed by atoms with Crippen LogP contribution in [0.3, 0.4) is 0 Å². The first kappa shape index (κ1) is 10.5. The smallest absolute Gasteiger partial charge is 0.266 e. The summed E-state index contributed by atoms with van der Waals surface area (Å²) in [5, 5.41) is 0. The van der Waals surface area contributed by atoms with Crippen molar-refractivity contribution in [2.45, 2.75) is 13.3 Å². The maximum Gasteiger partial charge on any atom is 0.266 e. The highest BCUT2D eigenvalue weighted by Gasteiger charge is 2.14. The summed E-state index contributed by atoms with van der Waals surface area (Å²) in [5.74, 6) is 0. The highest BCUT2D eigenvalue weighted by Crippen LogP contribution is 2.24. The topological polar surface area (TPSA) is 30.0 Å². The maximum atomic E-state index is 12.3. The fourth-order valence-corrected chi connectivity index (χ4v) is 1.55. The molecular formula is C8H6F2INO. The van der Waals surface area contributed by atoms with E-state index in [1.165, 1.54) is 6.07 Å². The van der Waals surface area contributed by atoms with E-state index in [2.05, 4.69) is 4.98 Å². The van der Waals surface area contributed by atoms with Gasteiger partial charge in [-0.2, -0.15) is 0 Å². The van der Waals surface area contributed by atoms with Crippen LogP contribution in [0.25, 0.3) is 0 Å². The summed E-state index contributed by atoms with van der Waals surface area (Å²) in [6.07, 6.45) is -1.98. The van der Waals surface area contributed by atoms with Gasteiger partial charge in [0.05, 0.1) is 0 Å². The minimum atomic E-state index is -2.54. The number of halogens is 3. The van der Waals surface area contributed by atoms with Crippen LogP contribution in [0.4, 0.5) is 8.78 Å². The van der Waals surface area contributed by atoms with Crippen molar-refractivity contribution in [3.05, 3.63) is 26.6 Å². The van der Waals surface area contributed by atoms with Crippen LogP contribution >= 0.6 is 22.6 Å². The Labute approximate surface area is 87.5 Å². The Bertz CT molecular complexity index is 341. The number of aryl methyl sites for hydroxylation is 1. The molecule has 2 nitrogen and oxygen atoms in total. The Morgan fingerprint density at radius 2 is 2.23 bits per heavy atom. The minimum Gasteiger partial charge on any atom is -0.296 e. The van der Waals surface area contributed by atoms with E-state index in [0.29, 0.717) is 11.8 Å². The average molecular weight is 297 g/mol. The van der Waals surface area contributed by atoms with Crippen LogP contribution in [-0.4, -0.2) is 11.3 Å². The van der Waals surface area contributed by atoms with Crippen molar-refractivity contribution < 1.29 is 13.6 Å². The van der Waals surface area contributed by atoms with Gasteiger partial charge in [0.15, 0.2) is 6.29 Å². The van der Waals surface area contributed by atoms with Gasteiger partial charge in [0.25, 0.3) is 6.43 Å². The zero-order valence-corrected chi connectivity index (χ0v) is 8.88. The van der Waals surface area contributed by atoms with Gasteiger partial charge in [0, 0.05) is 5.56 Å². The predicted molar refractivity (Wildman–Crippen MR) is 52.0 cm³/mol. The van der Waals surface area contributed by atoms with Crippen molar-refractivity contribution >= 4 is 28.9 Å². The Morgan fingerprint density at radius 1 is 1.62 bits per heavy atom. The van der Waals surface area contributed by atoms with Gasteiger partial charge in [-0.15, -0.1) is 0 Å². The fourth-order valence-electron chi connectivity index (χ4n) is 0.898. The van der Waals surface area contributed by atoms with E-state index in [0.717, 1.165) is 0 Å². The van der Waals surface area contributed by atoms with Gasteiger partial charge in [-0.1, -0.05) is 0 Å². The first-order valence-corrected chi connectivity index (χ1v) is 4.54. The maximum absolute atomic E-state index is 12.3. The molecule has 1 heterocycles. The lowest BCUT2D eigenvalue weighted by Crippen LogP contribution is -2.00. The van der Waals surface area contributed by atoms with E-state index in [9.17, 15) is 13.6 Å². The molecule has 0 aliphatic carbocycles. The SMILES string of the molecule is Cc1cc(C(F)F)c(I)nc1C=O. The fraction of sp³-hybridized carbons (Fsp3) is 0.250. The Kier molecular flexibility index (Phi) is 3.29. The van der Waals surface area contributed by atoms with Crippen LogP contribution < -0.4 is 0 Å². The molecule has 0 N–H and O–H groups in total. The summed E-state index contributed by atoms with van der Waals surface area (Å²) in [6, 6.07) is 1.29. The number of aromatic nitrogens is 1. The van der Waals surface area contributed by atoms with Crippen LogP contribution in [0.5, 0.6) is 0 Å². The number of rotatable bonds is 2. The molecule has 70 valence electrons. The van der Waals surface area contributed by atoms with E-state index >= 15 is 0 Å². The number of hydrogen-bond donors (Lipinski definition) is 0. The molecule has 0 radical (unpaired) electrons. The average Bonchev–Trinajstić information content (AvgIpc) is 2.07. The van der Waals surface area contributed by atoms with E-state index in [1.807, 2.05) is 0 Å². The number of carbonyl (C=O) groups excluding carboxylic acids is 1. The summed E-state index contributed by atoms with van der Waals surface area (Å²) in [5.41, 5.74) is 0.572. The first-order chi connectivity index (χ1) is 6.06. The van der Waals surface area contributed by atoms with Crippen molar-refractivity contribution in [2.24, 2.45) is 0 Å². The monoisotopic (exact) mass is 297 g/mol. The first-order valence-electron chi connectivity index (χ1n) is 3.46. The molecule has 0 aliphatic heterocycles. The molecular weight excluding hydrogens is 291 g/mol. The van der Waals surface area contributed by atoms with Crippen LogP contribution in [-0.2, 0) is 0 Å². The summed E-state index contributed by atoms with van der Waals surface area (Å²) >= 11 is 1.69. The largest absolute Gasteiger partial charge is 0.296 e. The van der Waals surface area contributed by atoms with Gasteiger partial charge in [0.1, 0.15) is 9.39 Å². The third kappa shape index (κ3) is 2.20. The number of aldehydes is 1. The quantitative estimate of drug-likeness (QED) is 0.477. The lowest BCUT2D eigenvalue weighted by Gasteiger charge is -2.05. The summed E-state index contributed by atoms with van der Waals surface area (Å²) in [6.45, 7) is 1.58. The summed E-state index contributed by atoms with van der Waals surface area (Å²) in [4.78, 5) is 14.2. The zero-order valence-electron chi connectivity index (χ0n) is 6.72. The van der Waals surface area contributed by atoms with Crippen molar-refractivity contribution in [3.8, 4) is 0 Å². The minimum absolute atomic E-state index is 0.122. The molecule has 5 heteroatoms. The molecule has 1 aromatic rings. The molecule has 0 amide bonds. The molecule has 13 heavy (non-hydrogen) atoms. The molecule has 0 aromatic carbocycles. The molecule has 0 atom stereocenters. The van der Waals surface area contributed by atoms with Gasteiger partial charge in [-0.25, -0.2) is 13.8 Å². The Balaban J connectivity index is 3.28. The predicted octanol–water partition coefficient (Wildman–Crippen LogP) is 2.74. The lowest BCUT2D eigenvalue weighted by atomic mass is 10.2. The molecule has 0 saturated carbocycles. The van der Waals surface area contributed by atoms with Crippen molar-refractivity contribution in [2.75, 3.05) is 0 Å². The van der Waals surface area contributed by atoms with Gasteiger partial charge in [-0.3, -0.25) is 4.79 Å². The van der Waals surface area contributed by atoms with Crippen LogP contribution in [0.2, 0.25) is 0 Å². The van der Waals surface area contributed by atoms with E-state index in [4.69, 9.17) is 0 Å². The second kappa shape index (κ2) is 4.08. The lowest BCUT2D eigenvalue weighted by molar-refractivity contribution is 0.111. The number of pyridine rings is 1. The molecule has 0 unspecified atom stereocenters. The third-order valence-electron chi connectivity index (χ3n) is 1.58. The van der Waals surface area contributed by atoms with Crippen molar-refractivity contribution in [3.63, 3.8) is 0 Å². The van der Waals surface area contributed by atoms with Crippen LogP contribution in [0, 0.1) is 10.6 Å². The van der Waals surface area contributed by atoms with Crippen molar-refractivity contribution in [1.82, 2.24) is 4.98 Å². The van der Waals surface area contributed by atoms with Gasteiger partial charge in [-0.05, 0) is 41.1 Å². The molecule has 0 aliphatic rings. The zero-order chi connectivity index (χ0) is 10.0. The van der Waals surface area contributed by atoms with Gasteiger partial charge < -0.3 is 0 Å². The Hall–Kier alpha value is -0.590. The number of hydrogen-bond acceptors (Lipinski definition) is 2. The van der Waals surface area contributed by atoms with E-state index < -0.39 is 6.43 Å². The van der Waals surface area contributed by atoms with Gasteiger partial charge >= 0.3 is 0 Å². The normalized spacial score (nSPS) is 10.5. The molecule has 0 spiro atoms. The van der Waals surface area contributed by atoms with Crippen LogP contribution in [0.1, 0.15) is 28.0 Å². The summed E-state index contributed by atoms with van der Waals surface area (Å²) in [7, 11) is 0. The second-order valence-electron chi connectivity index (χ2n) is 2.49. The summed E-state index contributed by atoms with van der Waals surface area (Å²) < 4.78 is 24.8. The highest BCUT2D eigenvalue weighted by molar-refractivity contribution is 14.1. The molecule has 0 fully saturated rings. The second-order valence-corrected chi connectivity index (χ2v) is 3.51.